The van der Waals surface area contributed by atoms with E-state index >= 15 is 0 Å². The summed E-state index contributed by atoms with van der Waals surface area (Å²) in [6.07, 6.45) is 0.718. The minimum atomic E-state index is -4.27. The number of carbonyl (C=O) groups is 2. The van der Waals surface area contributed by atoms with Gasteiger partial charge in [0.05, 0.1) is 31.9 Å². The topological polar surface area (TPSA) is 114 Å². The van der Waals surface area contributed by atoms with Crippen molar-refractivity contribution in [3.05, 3.63) is 77.9 Å². The summed E-state index contributed by atoms with van der Waals surface area (Å²) in [5, 5.41) is 2.93. The Bertz CT molecular complexity index is 1490. The van der Waals surface area contributed by atoms with Gasteiger partial charge in [-0.05, 0) is 69.2 Å². The largest absolute Gasteiger partial charge is 0.497 e. The van der Waals surface area contributed by atoms with Crippen LogP contribution in [-0.2, 0) is 26.2 Å². The van der Waals surface area contributed by atoms with Crippen LogP contribution in [0.25, 0.3) is 0 Å². The van der Waals surface area contributed by atoms with Crippen molar-refractivity contribution in [3.8, 4) is 17.2 Å². The highest BCUT2D eigenvalue weighted by Crippen LogP contribution is 2.32. The molecule has 1 N–H and O–H groups in total. The first-order valence-electron chi connectivity index (χ1n) is 14.0. The first kappa shape index (κ1) is 33.3. The van der Waals surface area contributed by atoms with Gasteiger partial charge >= 0.3 is 0 Å². The summed E-state index contributed by atoms with van der Waals surface area (Å²) in [7, 11) is 0.162. The highest BCUT2D eigenvalue weighted by atomic mass is 32.2. The van der Waals surface area contributed by atoms with E-state index in [0.717, 1.165) is 21.9 Å². The van der Waals surface area contributed by atoms with E-state index in [1.807, 2.05) is 20.8 Å². The van der Waals surface area contributed by atoms with Crippen LogP contribution in [0.15, 0.2) is 71.6 Å². The van der Waals surface area contributed by atoms with Crippen molar-refractivity contribution in [1.29, 1.82) is 0 Å². The van der Waals surface area contributed by atoms with Crippen LogP contribution in [0.1, 0.15) is 38.3 Å². The summed E-state index contributed by atoms with van der Waals surface area (Å²) in [5.74, 6) is 0.366. The van der Waals surface area contributed by atoms with Crippen molar-refractivity contribution in [2.45, 2.75) is 57.6 Å². The number of hydrogen-bond donors (Lipinski definition) is 1. The Hall–Kier alpha value is -4.25. The molecule has 0 bridgehead atoms. The molecule has 0 aromatic heterocycles. The van der Waals surface area contributed by atoms with Crippen LogP contribution < -0.4 is 23.8 Å². The summed E-state index contributed by atoms with van der Waals surface area (Å²) in [6, 6.07) is 17.3. The summed E-state index contributed by atoms with van der Waals surface area (Å²) in [5.41, 5.74) is 1.98. The number of ether oxygens (including phenoxy) is 3. The van der Waals surface area contributed by atoms with E-state index in [2.05, 4.69) is 5.32 Å². The van der Waals surface area contributed by atoms with Gasteiger partial charge in [-0.2, -0.15) is 0 Å². The summed E-state index contributed by atoms with van der Waals surface area (Å²) in [6.45, 7) is 6.89. The number of anilines is 1. The summed E-state index contributed by atoms with van der Waals surface area (Å²) < 4.78 is 45.2. The van der Waals surface area contributed by atoms with Crippen molar-refractivity contribution in [2.75, 3.05) is 32.2 Å². The Morgan fingerprint density at radius 1 is 0.860 bits per heavy atom. The third-order valence-electron chi connectivity index (χ3n) is 7.22. The third-order valence-corrected chi connectivity index (χ3v) is 8.99. The molecule has 3 aromatic carbocycles. The van der Waals surface area contributed by atoms with Crippen LogP contribution in [0.5, 0.6) is 17.2 Å². The molecule has 0 unspecified atom stereocenters. The second-order valence-electron chi connectivity index (χ2n) is 10.2. The molecule has 2 amide bonds. The molecule has 0 saturated heterocycles. The molecule has 0 radical (unpaired) electrons. The molecule has 2 atom stereocenters. The molecule has 232 valence electrons. The van der Waals surface area contributed by atoms with Crippen molar-refractivity contribution < 1.29 is 32.2 Å². The number of amides is 2. The van der Waals surface area contributed by atoms with Crippen LogP contribution in [0.4, 0.5) is 5.69 Å². The van der Waals surface area contributed by atoms with Gasteiger partial charge in [0.1, 0.15) is 18.3 Å². The predicted molar refractivity (Wildman–Crippen MR) is 166 cm³/mol. The number of nitrogens with zero attached hydrogens (tertiary/aromatic N) is 2. The molecular formula is C32H41N3O7S. The van der Waals surface area contributed by atoms with Gasteiger partial charge in [-0.25, -0.2) is 8.42 Å². The van der Waals surface area contributed by atoms with Gasteiger partial charge in [-0.15, -0.1) is 0 Å². The molecular weight excluding hydrogens is 570 g/mol. The van der Waals surface area contributed by atoms with Crippen LogP contribution in [0, 0.1) is 6.92 Å². The second kappa shape index (κ2) is 14.8. The van der Waals surface area contributed by atoms with Crippen LogP contribution in [0.3, 0.4) is 0 Å². The maximum Gasteiger partial charge on any atom is 0.264 e. The van der Waals surface area contributed by atoms with Crippen molar-refractivity contribution in [3.63, 3.8) is 0 Å². The fraction of sp³-hybridized carbons (Fsp3) is 0.375. The number of rotatable bonds is 14. The van der Waals surface area contributed by atoms with E-state index in [-0.39, 0.29) is 29.1 Å². The molecule has 3 aromatic rings. The molecule has 11 heteroatoms. The van der Waals surface area contributed by atoms with Crippen molar-refractivity contribution in [2.24, 2.45) is 0 Å². The summed E-state index contributed by atoms with van der Waals surface area (Å²) >= 11 is 0. The maximum atomic E-state index is 14.1. The van der Waals surface area contributed by atoms with Crippen LogP contribution in [0.2, 0.25) is 0 Å². The number of sulfonamides is 1. The SMILES string of the molecule is CC[C@H](C)NC(=O)[C@H](C)N(Cc1ccc(OC)cc1)C(=O)CN(c1ccc(C)cc1)S(=O)(=O)c1ccc(OC)c(OC)c1. The lowest BCUT2D eigenvalue weighted by Crippen LogP contribution is -2.52. The molecule has 3 rings (SSSR count). The van der Waals surface area contributed by atoms with Crippen LogP contribution in [-0.4, -0.2) is 65.1 Å². The van der Waals surface area contributed by atoms with E-state index in [0.29, 0.717) is 17.2 Å². The molecule has 0 aliphatic rings. The fourth-order valence-corrected chi connectivity index (χ4v) is 5.75. The Morgan fingerprint density at radius 2 is 1.49 bits per heavy atom. The van der Waals surface area contributed by atoms with Gasteiger partial charge in [0.25, 0.3) is 10.0 Å². The zero-order valence-electron chi connectivity index (χ0n) is 25.8. The van der Waals surface area contributed by atoms with Crippen molar-refractivity contribution in [1.82, 2.24) is 10.2 Å². The summed E-state index contributed by atoms with van der Waals surface area (Å²) in [4.78, 5) is 28.6. The first-order chi connectivity index (χ1) is 20.4. The Kier molecular flexibility index (Phi) is 11.4. The number of nitrogens with one attached hydrogen (secondary N) is 1. The lowest BCUT2D eigenvalue weighted by molar-refractivity contribution is -0.139. The molecule has 0 saturated carbocycles. The second-order valence-corrected chi connectivity index (χ2v) is 12.1. The minimum absolute atomic E-state index is 0.0794. The van der Waals surface area contributed by atoms with Gasteiger partial charge in [-0.1, -0.05) is 36.8 Å². The zero-order chi connectivity index (χ0) is 31.7. The number of methoxy groups -OCH3 is 3. The quantitative estimate of drug-likeness (QED) is 0.285. The van der Waals surface area contributed by atoms with Gasteiger partial charge < -0.3 is 24.4 Å². The smallest absolute Gasteiger partial charge is 0.264 e. The molecule has 0 spiro atoms. The monoisotopic (exact) mass is 611 g/mol. The van der Waals surface area contributed by atoms with Gasteiger partial charge in [-0.3, -0.25) is 13.9 Å². The van der Waals surface area contributed by atoms with Gasteiger partial charge in [0.15, 0.2) is 11.5 Å². The van der Waals surface area contributed by atoms with E-state index in [1.54, 1.807) is 62.6 Å². The molecule has 0 aliphatic carbocycles. The highest BCUT2D eigenvalue weighted by molar-refractivity contribution is 7.92. The average Bonchev–Trinajstić information content (AvgIpc) is 3.02. The minimum Gasteiger partial charge on any atom is -0.497 e. The Labute approximate surface area is 254 Å². The van der Waals surface area contributed by atoms with Crippen LogP contribution >= 0.6 is 0 Å². The number of hydrogen-bond acceptors (Lipinski definition) is 7. The first-order valence-corrected chi connectivity index (χ1v) is 15.4. The molecule has 0 heterocycles. The molecule has 0 aliphatic heterocycles. The van der Waals surface area contributed by atoms with E-state index in [1.165, 1.54) is 37.3 Å². The van der Waals surface area contributed by atoms with E-state index in [9.17, 15) is 18.0 Å². The third kappa shape index (κ3) is 8.19. The number of carbonyl (C=O) groups excluding carboxylic acids is 2. The van der Waals surface area contributed by atoms with E-state index in [4.69, 9.17) is 14.2 Å². The molecule has 10 nitrogen and oxygen atoms in total. The predicted octanol–water partition coefficient (Wildman–Crippen LogP) is 4.55. The molecule has 43 heavy (non-hydrogen) atoms. The molecule has 0 fully saturated rings. The lowest BCUT2D eigenvalue weighted by atomic mass is 10.1. The Balaban J connectivity index is 2.06. The fourth-order valence-electron chi connectivity index (χ4n) is 4.32. The van der Waals surface area contributed by atoms with Gasteiger partial charge in [0, 0.05) is 18.7 Å². The van der Waals surface area contributed by atoms with Crippen molar-refractivity contribution >= 4 is 27.5 Å². The lowest BCUT2D eigenvalue weighted by Gasteiger charge is -2.32. The van der Waals surface area contributed by atoms with Gasteiger partial charge in [0.2, 0.25) is 11.8 Å². The normalized spacial score (nSPS) is 12.5. The number of aryl methyl sites for hydroxylation is 1. The maximum absolute atomic E-state index is 14.1. The standard InChI is InChI=1S/C32H41N3O7S/c1-8-23(3)33-32(37)24(4)34(20-25-11-15-27(40-5)16-12-25)31(36)21-35(26-13-9-22(2)10-14-26)43(38,39)28-17-18-29(41-6)30(19-28)42-7/h9-19,23-24H,8,20-21H2,1-7H3,(H,33,37)/t23-,24-/m0/s1. The van der Waals surface area contributed by atoms with E-state index < -0.39 is 28.5 Å². The zero-order valence-corrected chi connectivity index (χ0v) is 26.6. The number of benzene rings is 3. The highest BCUT2D eigenvalue weighted by Gasteiger charge is 2.33. The average molecular weight is 612 g/mol. The Morgan fingerprint density at radius 3 is 2.05 bits per heavy atom.